The molecule has 0 spiro atoms. The summed E-state index contributed by atoms with van der Waals surface area (Å²) in [6.07, 6.45) is 1.42. The van der Waals surface area contributed by atoms with Crippen LogP contribution in [0.2, 0.25) is 0 Å². The summed E-state index contributed by atoms with van der Waals surface area (Å²) in [5.74, 6) is 1.24. The molecule has 2 aromatic heterocycles. The van der Waals surface area contributed by atoms with E-state index in [1.54, 1.807) is 11.3 Å². The molecule has 7 heteroatoms. The number of ether oxygens (including phenoxy) is 1. The van der Waals surface area contributed by atoms with Gasteiger partial charge in [-0.15, -0.1) is 11.3 Å². The lowest BCUT2D eigenvalue weighted by atomic mass is 9.97. The van der Waals surface area contributed by atoms with Crippen LogP contribution in [0.3, 0.4) is 0 Å². The third kappa shape index (κ3) is 2.83. The Kier molecular flexibility index (Phi) is 3.58. The Bertz CT molecular complexity index is 553. The van der Waals surface area contributed by atoms with Crippen LogP contribution >= 0.6 is 11.3 Å². The minimum Gasteiger partial charge on any atom is -0.381 e. The summed E-state index contributed by atoms with van der Waals surface area (Å²) in [5, 5.41) is 7.06. The number of hydrogen-bond acceptors (Lipinski definition) is 7. The highest BCUT2D eigenvalue weighted by atomic mass is 32.1. The van der Waals surface area contributed by atoms with Gasteiger partial charge in [0.25, 0.3) is 0 Å². The molecule has 1 aliphatic rings. The lowest BCUT2D eigenvalue weighted by Crippen LogP contribution is -2.37. The normalized spacial score (nSPS) is 23.7. The number of nitrogens with zero attached hydrogens (tertiary/aromatic N) is 3. The van der Waals surface area contributed by atoms with Crippen molar-refractivity contribution in [3.8, 4) is 0 Å². The molecule has 1 saturated heterocycles. The smallest absolute Gasteiger partial charge is 0.233 e. The zero-order valence-corrected chi connectivity index (χ0v) is 11.5. The van der Waals surface area contributed by atoms with Crippen molar-refractivity contribution in [3.63, 3.8) is 0 Å². The van der Waals surface area contributed by atoms with Crippen molar-refractivity contribution in [3.05, 3.63) is 27.8 Å². The quantitative estimate of drug-likeness (QED) is 0.910. The maximum absolute atomic E-state index is 6.06. The zero-order chi connectivity index (χ0) is 13.2. The topological polar surface area (TPSA) is 87.1 Å². The Morgan fingerprint density at radius 2 is 2.37 bits per heavy atom. The van der Waals surface area contributed by atoms with Crippen molar-refractivity contribution < 1.29 is 9.26 Å². The van der Waals surface area contributed by atoms with Crippen LogP contribution in [0.4, 0.5) is 0 Å². The molecule has 19 heavy (non-hydrogen) atoms. The largest absolute Gasteiger partial charge is 0.381 e. The minimum atomic E-state index is 0.00664. The van der Waals surface area contributed by atoms with Crippen molar-refractivity contribution in [2.75, 3.05) is 13.2 Å². The van der Waals surface area contributed by atoms with E-state index in [-0.39, 0.29) is 12.0 Å². The van der Waals surface area contributed by atoms with E-state index in [9.17, 15) is 0 Å². The van der Waals surface area contributed by atoms with Crippen molar-refractivity contribution in [1.29, 1.82) is 0 Å². The Balaban J connectivity index is 1.72. The Hall–Kier alpha value is -1.31. The summed E-state index contributed by atoms with van der Waals surface area (Å²) >= 11 is 1.62. The van der Waals surface area contributed by atoms with E-state index in [4.69, 9.17) is 15.0 Å². The minimum absolute atomic E-state index is 0.00664. The fourth-order valence-electron chi connectivity index (χ4n) is 2.15. The third-order valence-electron chi connectivity index (χ3n) is 3.22. The predicted molar refractivity (Wildman–Crippen MR) is 70.1 cm³/mol. The van der Waals surface area contributed by atoms with Gasteiger partial charge in [0.05, 0.1) is 29.6 Å². The van der Waals surface area contributed by atoms with E-state index >= 15 is 0 Å². The van der Waals surface area contributed by atoms with Crippen molar-refractivity contribution >= 4 is 11.3 Å². The second kappa shape index (κ2) is 5.36. The van der Waals surface area contributed by atoms with Crippen molar-refractivity contribution in [2.45, 2.75) is 31.7 Å². The maximum atomic E-state index is 6.06. The molecule has 2 aromatic rings. The molecule has 102 valence electrons. The van der Waals surface area contributed by atoms with Gasteiger partial charge in [0, 0.05) is 18.0 Å². The average Bonchev–Trinajstić information content (AvgIpc) is 3.00. The van der Waals surface area contributed by atoms with E-state index < -0.39 is 0 Å². The van der Waals surface area contributed by atoms with E-state index in [0.717, 1.165) is 17.1 Å². The summed E-state index contributed by atoms with van der Waals surface area (Å²) in [6.45, 7) is 3.24. The van der Waals surface area contributed by atoms with Crippen LogP contribution in [0.1, 0.15) is 34.8 Å². The molecule has 0 amide bonds. The van der Waals surface area contributed by atoms with Crippen LogP contribution in [-0.4, -0.2) is 34.4 Å². The highest BCUT2D eigenvalue weighted by molar-refractivity contribution is 7.09. The van der Waals surface area contributed by atoms with Crippen molar-refractivity contribution in [2.24, 2.45) is 5.73 Å². The van der Waals surface area contributed by atoms with E-state index in [2.05, 4.69) is 15.1 Å². The molecule has 2 unspecified atom stereocenters. The van der Waals surface area contributed by atoms with Gasteiger partial charge in [-0.05, 0) is 13.3 Å². The predicted octanol–water partition coefficient (Wildman–Crippen LogP) is 1.26. The summed E-state index contributed by atoms with van der Waals surface area (Å²) in [5.41, 5.74) is 7.03. The number of aromatic nitrogens is 3. The second-order valence-electron chi connectivity index (χ2n) is 4.72. The van der Waals surface area contributed by atoms with Crippen LogP contribution in [-0.2, 0) is 11.2 Å². The van der Waals surface area contributed by atoms with Gasteiger partial charge < -0.3 is 15.0 Å². The molecule has 0 saturated carbocycles. The number of aryl methyl sites for hydroxylation is 1. The van der Waals surface area contributed by atoms with Gasteiger partial charge in [-0.25, -0.2) is 4.98 Å². The molecule has 0 radical (unpaired) electrons. The summed E-state index contributed by atoms with van der Waals surface area (Å²) in [4.78, 5) is 8.81. The molecule has 0 aliphatic carbocycles. The van der Waals surface area contributed by atoms with Gasteiger partial charge in [0.1, 0.15) is 0 Å². The Labute approximate surface area is 115 Å². The first-order chi connectivity index (χ1) is 9.22. The highest BCUT2D eigenvalue weighted by Crippen LogP contribution is 2.23. The van der Waals surface area contributed by atoms with Gasteiger partial charge in [-0.3, -0.25) is 0 Å². The summed E-state index contributed by atoms with van der Waals surface area (Å²) in [6, 6.07) is 0.0311. The molecule has 3 heterocycles. The van der Waals surface area contributed by atoms with E-state index in [0.29, 0.717) is 31.3 Å². The lowest BCUT2D eigenvalue weighted by molar-refractivity contribution is 0.0590. The molecule has 0 bridgehead atoms. The number of nitrogens with two attached hydrogens (primary N) is 1. The maximum Gasteiger partial charge on any atom is 0.233 e. The highest BCUT2D eigenvalue weighted by Gasteiger charge is 2.29. The van der Waals surface area contributed by atoms with Crippen molar-refractivity contribution in [1.82, 2.24) is 15.1 Å². The fraction of sp³-hybridized carbons (Fsp3) is 0.583. The molecule has 3 rings (SSSR count). The summed E-state index contributed by atoms with van der Waals surface area (Å²) < 4.78 is 10.7. The van der Waals surface area contributed by atoms with Gasteiger partial charge in [0.2, 0.25) is 5.89 Å². The van der Waals surface area contributed by atoms with E-state index in [1.807, 2.05) is 12.3 Å². The SMILES string of the molecule is Cc1nc(Cc2noc(C3COCCC3N)n2)cs1. The second-order valence-corrected chi connectivity index (χ2v) is 5.78. The first-order valence-electron chi connectivity index (χ1n) is 6.29. The Morgan fingerprint density at radius 3 is 3.11 bits per heavy atom. The molecule has 2 atom stereocenters. The van der Waals surface area contributed by atoms with E-state index in [1.165, 1.54) is 0 Å². The monoisotopic (exact) mass is 280 g/mol. The molecule has 0 aromatic carbocycles. The first kappa shape index (κ1) is 12.7. The first-order valence-corrected chi connectivity index (χ1v) is 7.17. The average molecular weight is 280 g/mol. The van der Waals surface area contributed by atoms with Crippen LogP contribution in [0.15, 0.2) is 9.90 Å². The zero-order valence-electron chi connectivity index (χ0n) is 10.7. The van der Waals surface area contributed by atoms with Crippen LogP contribution in [0.5, 0.6) is 0 Å². The summed E-state index contributed by atoms with van der Waals surface area (Å²) in [7, 11) is 0. The molecule has 6 nitrogen and oxygen atoms in total. The molecule has 1 aliphatic heterocycles. The standard InChI is InChI=1S/C12H16N4O2S/c1-7-14-8(6-19-7)4-11-15-12(18-16-11)9-5-17-3-2-10(9)13/h6,9-10H,2-5,13H2,1H3. The molecular weight excluding hydrogens is 264 g/mol. The van der Waals surface area contributed by atoms with Gasteiger partial charge in [0.15, 0.2) is 5.82 Å². The van der Waals surface area contributed by atoms with Gasteiger partial charge >= 0.3 is 0 Å². The van der Waals surface area contributed by atoms with Crippen LogP contribution < -0.4 is 5.73 Å². The molecular formula is C12H16N4O2S. The van der Waals surface area contributed by atoms with Crippen LogP contribution in [0, 0.1) is 6.92 Å². The van der Waals surface area contributed by atoms with Gasteiger partial charge in [-0.1, -0.05) is 5.16 Å². The molecule has 1 fully saturated rings. The molecule has 2 N–H and O–H groups in total. The number of thiazole rings is 1. The fourth-order valence-corrected chi connectivity index (χ4v) is 2.76. The number of hydrogen-bond donors (Lipinski definition) is 1. The third-order valence-corrected chi connectivity index (χ3v) is 4.04. The Morgan fingerprint density at radius 1 is 1.47 bits per heavy atom. The van der Waals surface area contributed by atoms with Crippen LogP contribution in [0.25, 0.3) is 0 Å². The van der Waals surface area contributed by atoms with Gasteiger partial charge in [-0.2, -0.15) is 4.98 Å². The number of rotatable bonds is 3. The lowest BCUT2D eigenvalue weighted by Gasteiger charge is -2.25.